The Morgan fingerprint density at radius 2 is 1.89 bits per heavy atom. The summed E-state index contributed by atoms with van der Waals surface area (Å²) in [4.78, 5) is 11.2. The molecule has 0 amide bonds. The lowest BCUT2D eigenvalue weighted by Gasteiger charge is -2.11. The van der Waals surface area contributed by atoms with Gasteiger partial charge in [-0.3, -0.25) is 4.79 Å². The molecule has 0 heterocycles. The fourth-order valence-electron chi connectivity index (χ4n) is 1.19. The highest BCUT2D eigenvalue weighted by Gasteiger charge is 2.14. The van der Waals surface area contributed by atoms with E-state index in [-0.39, 0.29) is 11.5 Å². The van der Waals surface area contributed by atoms with Gasteiger partial charge in [-0.1, -0.05) is 0 Å². The zero-order valence-electron chi connectivity index (χ0n) is 10.1. The van der Waals surface area contributed by atoms with E-state index in [2.05, 4.69) is 4.74 Å². The van der Waals surface area contributed by atoms with Gasteiger partial charge in [-0.2, -0.15) is 0 Å². The number of hydrogen-bond donors (Lipinski definition) is 1. The molecule has 0 saturated carbocycles. The van der Waals surface area contributed by atoms with Crippen molar-refractivity contribution >= 4 is 15.8 Å². The number of hydrogen-bond acceptors (Lipinski definition) is 6. The number of carbonyl (C=O) groups excluding carboxylic acids is 1. The number of carbonyl (C=O) groups is 1. The first kappa shape index (κ1) is 14.5. The number of rotatable bonds is 5. The summed E-state index contributed by atoms with van der Waals surface area (Å²) >= 11 is 0. The quantitative estimate of drug-likeness (QED) is 0.757. The van der Waals surface area contributed by atoms with Crippen molar-refractivity contribution < 1.29 is 22.7 Å². The van der Waals surface area contributed by atoms with E-state index in [9.17, 15) is 13.2 Å². The van der Waals surface area contributed by atoms with E-state index in [1.54, 1.807) is 0 Å². The topological polar surface area (TPSA) is 95.7 Å². The molecule has 1 aromatic carbocycles. The zero-order chi connectivity index (χ0) is 13.8. The van der Waals surface area contributed by atoms with Gasteiger partial charge in [0.05, 0.1) is 12.0 Å². The van der Waals surface area contributed by atoms with Crippen molar-refractivity contribution in [2.45, 2.75) is 10.9 Å². The molecule has 7 heteroatoms. The highest BCUT2D eigenvalue weighted by atomic mass is 32.2. The molecule has 0 aromatic heterocycles. The number of esters is 1. The molecule has 0 aliphatic heterocycles. The Kier molecular flexibility index (Phi) is 4.69. The van der Waals surface area contributed by atoms with Crippen LogP contribution in [0.1, 0.15) is 0 Å². The Bertz CT molecular complexity index is 509. The average Bonchev–Trinajstić information content (AvgIpc) is 2.34. The molecular weight excluding hydrogens is 258 g/mol. The number of methoxy groups -OCH3 is 1. The lowest BCUT2D eigenvalue weighted by Crippen LogP contribution is -2.37. The van der Waals surface area contributed by atoms with Crippen LogP contribution in [0.15, 0.2) is 29.2 Å². The van der Waals surface area contributed by atoms with Crippen LogP contribution in [0, 0.1) is 0 Å². The van der Waals surface area contributed by atoms with Crippen molar-refractivity contribution in [2.75, 3.05) is 20.0 Å². The second kappa shape index (κ2) is 5.83. The minimum absolute atomic E-state index is 0.0368. The van der Waals surface area contributed by atoms with E-state index in [1.165, 1.54) is 31.4 Å². The van der Waals surface area contributed by atoms with E-state index >= 15 is 0 Å². The summed E-state index contributed by atoms with van der Waals surface area (Å²) in [6.45, 7) is -0.0368. The third-order valence-electron chi connectivity index (χ3n) is 2.19. The van der Waals surface area contributed by atoms with Gasteiger partial charge < -0.3 is 15.2 Å². The standard InChI is InChI=1S/C11H15NO5S/c1-16-11(13)10(12)7-17-8-3-5-9(6-4-8)18(2,14)15/h3-6,10H,7,12H2,1-2H3. The van der Waals surface area contributed by atoms with Gasteiger partial charge in [-0.05, 0) is 24.3 Å². The summed E-state index contributed by atoms with van der Waals surface area (Å²) in [5.74, 6) is -0.135. The zero-order valence-corrected chi connectivity index (χ0v) is 10.9. The third-order valence-corrected chi connectivity index (χ3v) is 3.31. The van der Waals surface area contributed by atoms with Crippen LogP contribution in [-0.2, 0) is 19.4 Å². The van der Waals surface area contributed by atoms with Crippen LogP contribution in [0.4, 0.5) is 0 Å². The number of ether oxygens (including phenoxy) is 2. The highest BCUT2D eigenvalue weighted by Crippen LogP contribution is 2.15. The largest absolute Gasteiger partial charge is 0.491 e. The van der Waals surface area contributed by atoms with Crippen molar-refractivity contribution in [2.24, 2.45) is 5.73 Å². The maximum Gasteiger partial charge on any atom is 0.326 e. The van der Waals surface area contributed by atoms with Crippen LogP contribution in [-0.4, -0.2) is 40.4 Å². The van der Waals surface area contributed by atoms with Crippen LogP contribution >= 0.6 is 0 Å². The van der Waals surface area contributed by atoms with Gasteiger partial charge in [0.15, 0.2) is 9.84 Å². The summed E-state index contributed by atoms with van der Waals surface area (Å²) in [5.41, 5.74) is 5.48. The smallest absolute Gasteiger partial charge is 0.326 e. The molecule has 0 aliphatic rings. The Labute approximate surface area is 106 Å². The first-order chi connectivity index (χ1) is 8.34. The Morgan fingerprint density at radius 3 is 2.33 bits per heavy atom. The van der Waals surface area contributed by atoms with Crippen molar-refractivity contribution in [3.05, 3.63) is 24.3 Å². The third kappa shape index (κ3) is 4.01. The van der Waals surface area contributed by atoms with E-state index in [1.807, 2.05) is 0 Å². The molecule has 1 atom stereocenters. The SMILES string of the molecule is COC(=O)C(N)COc1ccc(S(C)(=O)=O)cc1. The van der Waals surface area contributed by atoms with E-state index < -0.39 is 21.8 Å². The molecule has 0 radical (unpaired) electrons. The molecule has 100 valence electrons. The fraction of sp³-hybridized carbons (Fsp3) is 0.364. The summed E-state index contributed by atoms with van der Waals surface area (Å²) < 4.78 is 32.1. The molecule has 0 fully saturated rings. The Balaban J connectivity index is 2.63. The van der Waals surface area contributed by atoms with Crippen LogP contribution < -0.4 is 10.5 Å². The van der Waals surface area contributed by atoms with Crippen molar-refractivity contribution in [1.82, 2.24) is 0 Å². The lowest BCUT2D eigenvalue weighted by atomic mass is 10.3. The molecule has 0 saturated heterocycles. The second-order valence-corrected chi connectivity index (χ2v) is 5.70. The van der Waals surface area contributed by atoms with Gasteiger partial charge in [-0.25, -0.2) is 8.42 Å². The van der Waals surface area contributed by atoms with Gasteiger partial charge >= 0.3 is 5.97 Å². The molecule has 1 rings (SSSR count). The summed E-state index contributed by atoms with van der Waals surface area (Å²) in [5, 5.41) is 0. The van der Waals surface area contributed by atoms with Gasteiger partial charge in [0.25, 0.3) is 0 Å². The fourth-order valence-corrected chi connectivity index (χ4v) is 1.82. The molecule has 1 aromatic rings. The van der Waals surface area contributed by atoms with E-state index in [4.69, 9.17) is 10.5 Å². The summed E-state index contributed by atoms with van der Waals surface area (Å²) in [6, 6.07) is 4.98. The van der Waals surface area contributed by atoms with Crippen molar-refractivity contribution in [1.29, 1.82) is 0 Å². The van der Waals surface area contributed by atoms with Crippen LogP contribution in [0.25, 0.3) is 0 Å². The van der Waals surface area contributed by atoms with Gasteiger partial charge in [0.1, 0.15) is 18.4 Å². The van der Waals surface area contributed by atoms with Crippen LogP contribution in [0.3, 0.4) is 0 Å². The lowest BCUT2D eigenvalue weighted by molar-refractivity contribution is -0.142. The minimum Gasteiger partial charge on any atom is -0.491 e. The van der Waals surface area contributed by atoms with E-state index in [0.29, 0.717) is 5.75 Å². The van der Waals surface area contributed by atoms with Crippen LogP contribution in [0.2, 0.25) is 0 Å². The molecular formula is C11H15NO5S. The summed E-state index contributed by atoms with van der Waals surface area (Å²) in [7, 11) is -1.98. The minimum atomic E-state index is -3.22. The van der Waals surface area contributed by atoms with Gasteiger partial charge in [0.2, 0.25) is 0 Å². The monoisotopic (exact) mass is 273 g/mol. The van der Waals surface area contributed by atoms with Crippen molar-refractivity contribution in [3.8, 4) is 5.75 Å². The van der Waals surface area contributed by atoms with E-state index in [0.717, 1.165) is 6.26 Å². The molecule has 2 N–H and O–H groups in total. The molecule has 0 aliphatic carbocycles. The first-order valence-corrected chi connectivity index (χ1v) is 7.00. The molecule has 6 nitrogen and oxygen atoms in total. The van der Waals surface area contributed by atoms with Gasteiger partial charge in [0, 0.05) is 6.26 Å². The molecule has 18 heavy (non-hydrogen) atoms. The number of sulfone groups is 1. The average molecular weight is 273 g/mol. The molecule has 0 spiro atoms. The maximum atomic E-state index is 11.2. The Morgan fingerprint density at radius 1 is 1.33 bits per heavy atom. The predicted molar refractivity (Wildman–Crippen MR) is 65.0 cm³/mol. The second-order valence-electron chi connectivity index (χ2n) is 3.68. The van der Waals surface area contributed by atoms with Crippen molar-refractivity contribution in [3.63, 3.8) is 0 Å². The normalized spacial score (nSPS) is 12.8. The summed E-state index contributed by atoms with van der Waals surface area (Å²) in [6.07, 6.45) is 1.12. The maximum absolute atomic E-state index is 11.2. The molecule has 1 unspecified atom stereocenters. The van der Waals surface area contributed by atoms with Gasteiger partial charge in [-0.15, -0.1) is 0 Å². The highest BCUT2D eigenvalue weighted by molar-refractivity contribution is 7.90. The predicted octanol–water partition coefficient (Wildman–Crippen LogP) is -0.0308. The Hall–Kier alpha value is -1.60. The van der Waals surface area contributed by atoms with Crippen LogP contribution in [0.5, 0.6) is 5.75 Å². The first-order valence-electron chi connectivity index (χ1n) is 5.11. The number of benzene rings is 1. The molecule has 0 bridgehead atoms. The number of nitrogens with two attached hydrogens (primary N) is 1.